The predicted octanol–water partition coefficient (Wildman–Crippen LogP) is 7.34. The van der Waals surface area contributed by atoms with Crippen LogP contribution in [0.1, 0.15) is 34.6 Å². The van der Waals surface area contributed by atoms with Crippen molar-refractivity contribution >= 4 is 29.1 Å². The lowest BCUT2D eigenvalue weighted by molar-refractivity contribution is -0.141. The molecule has 10 heteroatoms. The van der Waals surface area contributed by atoms with Crippen LogP contribution in [0, 0.1) is 0 Å². The largest absolute Gasteiger partial charge is 0.487 e. The van der Waals surface area contributed by atoms with Gasteiger partial charge in [-0.15, -0.1) is 0 Å². The molecule has 0 aliphatic heterocycles. The topological polar surface area (TPSA) is 56.1 Å². The molecule has 0 unspecified atom stereocenters. The zero-order valence-electron chi connectivity index (χ0n) is 19.2. The first kappa shape index (κ1) is 25.2. The highest BCUT2D eigenvalue weighted by molar-refractivity contribution is 6.37. The Morgan fingerprint density at radius 1 is 0.973 bits per heavy atom. The first-order valence-corrected chi connectivity index (χ1v) is 12.2. The molecule has 0 atom stereocenters. The van der Waals surface area contributed by atoms with Crippen molar-refractivity contribution in [1.82, 2.24) is 15.1 Å². The van der Waals surface area contributed by atoms with Crippen LogP contribution in [-0.4, -0.2) is 21.7 Å². The molecule has 1 amide bonds. The van der Waals surface area contributed by atoms with Gasteiger partial charge >= 0.3 is 6.18 Å². The van der Waals surface area contributed by atoms with Crippen LogP contribution in [-0.2, 0) is 12.8 Å². The van der Waals surface area contributed by atoms with Crippen LogP contribution in [0.2, 0.25) is 10.0 Å². The van der Waals surface area contributed by atoms with Crippen LogP contribution in [0.4, 0.5) is 13.2 Å². The first-order chi connectivity index (χ1) is 17.7. The number of carbonyl (C=O) groups excluding carboxylic acids is 1. The molecule has 0 saturated heterocycles. The number of amides is 1. The third-order valence-corrected chi connectivity index (χ3v) is 6.47. The summed E-state index contributed by atoms with van der Waals surface area (Å²) in [6.07, 6.45) is -2.60. The maximum absolute atomic E-state index is 13.4. The Hall–Kier alpha value is -3.49. The van der Waals surface area contributed by atoms with Crippen LogP contribution < -0.4 is 10.1 Å². The van der Waals surface area contributed by atoms with E-state index in [1.54, 1.807) is 30.3 Å². The van der Waals surface area contributed by atoms with Crippen molar-refractivity contribution in [2.75, 3.05) is 0 Å². The number of benzene rings is 3. The number of alkyl halides is 3. The van der Waals surface area contributed by atoms with Gasteiger partial charge in [0, 0.05) is 11.6 Å². The molecular weight excluding hydrogens is 526 g/mol. The van der Waals surface area contributed by atoms with Gasteiger partial charge in [-0.25, -0.2) is 4.68 Å². The van der Waals surface area contributed by atoms with Crippen molar-refractivity contribution < 1.29 is 22.7 Å². The number of para-hydroxylation sites is 1. The number of carbonyl (C=O) groups is 1. The SMILES string of the molecule is O=C(NC1CC1)c1ccc(-c2ccc(OCc3cc(C(F)(F)F)nn3-c3c(Cl)cccc3Cl)cc2)cc1. The molecule has 1 heterocycles. The van der Waals surface area contributed by atoms with E-state index in [1.165, 1.54) is 12.1 Å². The van der Waals surface area contributed by atoms with Gasteiger partial charge in [-0.2, -0.15) is 18.3 Å². The van der Waals surface area contributed by atoms with Gasteiger partial charge in [-0.3, -0.25) is 4.79 Å². The average Bonchev–Trinajstić information content (AvgIpc) is 3.58. The molecule has 1 aliphatic rings. The minimum Gasteiger partial charge on any atom is -0.487 e. The number of ether oxygens (including phenoxy) is 1. The lowest BCUT2D eigenvalue weighted by Crippen LogP contribution is -2.25. The molecule has 1 N–H and O–H groups in total. The fourth-order valence-corrected chi connectivity index (χ4v) is 4.31. The Morgan fingerprint density at radius 3 is 2.14 bits per heavy atom. The monoisotopic (exact) mass is 545 g/mol. The zero-order valence-corrected chi connectivity index (χ0v) is 20.7. The summed E-state index contributed by atoms with van der Waals surface area (Å²) in [5.41, 5.74) is 1.61. The molecular formula is C27H20Cl2F3N3O2. The smallest absolute Gasteiger partial charge is 0.435 e. The Morgan fingerprint density at radius 2 is 1.57 bits per heavy atom. The molecule has 4 aromatic rings. The van der Waals surface area contributed by atoms with Gasteiger partial charge in [-0.1, -0.05) is 53.5 Å². The molecule has 1 saturated carbocycles. The Labute approximate surface area is 220 Å². The molecule has 1 fully saturated rings. The lowest BCUT2D eigenvalue weighted by Gasteiger charge is -2.12. The second kappa shape index (κ2) is 10.1. The van der Waals surface area contributed by atoms with Crippen molar-refractivity contribution in [2.45, 2.75) is 31.7 Å². The van der Waals surface area contributed by atoms with E-state index in [1.807, 2.05) is 24.3 Å². The number of hydrogen-bond donors (Lipinski definition) is 1. The second-order valence-electron chi connectivity index (χ2n) is 8.64. The van der Waals surface area contributed by atoms with Crippen LogP contribution >= 0.6 is 23.2 Å². The van der Waals surface area contributed by atoms with Gasteiger partial charge in [0.05, 0.1) is 15.7 Å². The summed E-state index contributed by atoms with van der Waals surface area (Å²) in [6.45, 7) is -0.200. The molecule has 1 aromatic heterocycles. The van der Waals surface area contributed by atoms with Crippen LogP contribution in [0.5, 0.6) is 5.75 Å². The van der Waals surface area contributed by atoms with Crippen molar-refractivity contribution in [2.24, 2.45) is 0 Å². The third-order valence-electron chi connectivity index (χ3n) is 5.86. The molecule has 0 radical (unpaired) electrons. The summed E-state index contributed by atoms with van der Waals surface area (Å²) in [7, 11) is 0. The van der Waals surface area contributed by atoms with Crippen LogP contribution in [0.3, 0.4) is 0 Å². The first-order valence-electron chi connectivity index (χ1n) is 11.4. The van der Waals surface area contributed by atoms with Gasteiger partial charge in [0.25, 0.3) is 5.91 Å². The number of nitrogens with zero attached hydrogens (tertiary/aromatic N) is 2. The average molecular weight is 546 g/mol. The van der Waals surface area contributed by atoms with E-state index in [0.717, 1.165) is 34.7 Å². The highest BCUT2D eigenvalue weighted by Crippen LogP contribution is 2.34. The van der Waals surface area contributed by atoms with E-state index < -0.39 is 11.9 Å². The Bertz CT molecular complexity index is 1410. The summed E-state index contributed by atoms with van der Waals surface area (Å²) in [4.78, 5) is 12.2. The van der Waals surface area contributed by atoms with E-state index in [-0.39, 0.29) is 33.9 Å². The van der Waals surface area contributed by atoms with Crippen molar-refractivity contribution in [3.63, 3.8) is 0 Å². The zero-order chi connectivity index (χ0) is 26.2. The summed E-state index contributed by atoms with van der Waals surface area (Å²) < 4.78 is 47.0. The van der Waals surface area contributed by atoms with E-state index in [0.29, 0.717) is 17.4 Å². The van der Waals surface area contributed by atoms with Gasteiger partial charge in [0.15, 0.2) is 5.69 Å². The number of hydrogen-bond acceptors (Lipinski definition) is 3. The van der Waals surface area contributed by atoms with E-state index in [4.69, 9.17) is 27.9 Å². The number of halogens is 5. The maximum Gasteiger partial charge on any atom is 0.435 e. The van der Waals surface area contributed by atoms with E-state index >= 15 is 0 Å². The minimum absolute atomic E-state index is 0.0798. The predicted molar refractivity (Wildman–Crippen MR) is 135 cm³/mol. The second-order valence-corrected chi connectivity index (χ2v) is 9.45. The normalized spacial score (nSPS) is 13.4. The fourth-order valence-electron chi connectivity index (χ4n) is 3.76. The minimum atomic E-state index is -4.65. The number of aromatic nitrogens is 2. The van der Waals surface area contributed by atoms with Crippen molar-refractivity contribution in [3.8, 4) is 22.6 Å². The summed E-state index contributed by atoms with van der Waals surface area (Å²) in [5.74, 6) is 0.375. The Balaban J connectivity index is 1.32. The molecule has 190 valence electrons. The van der Waals surface area contributed by atoms with E-state index in [2.05, 4.69) is 10.4 Å². The summed E-state index contributed by atoms with van der Waals surface area (Å²) in [6, 6.07) is 20.2. The molecule has 0 spiro atoms. The van der Waals surface area contributed by atoms with Gasteiger partial charge in [0.2, 0.25) is 0 Å². The highest BCUT2D eigenvalue weighted by Gasteiger charge is 2.35. The lowest BCUT2D eigenvalue weighted by atomic mass is 10.0. The fraction of sp³-hybridized carbons (Fsp3) is 0.185. The van der Waals surface area contributed by atoms with Crippen LogP contribution in [0.25, 0.3) is 16.8 Å². The van der Waals surface area contributed by atoms with Crippen LogP contribution in [0.15, 0.2) is 72.8 Å². The molecule has 5 nitrogen and oxygen atoms in total. The van der Waals surface area contributed by atoms with Gasteiger partial charge < -0.3 is 10.1 Å². The van der Waals surface area contributed by atoms with Crippen molar-refractivity contribution in [1.29, 1.82) is 0 Å². The van der Waals surface area contributed by atoms with Crippen molar-refractivity contribution in [3.05, 3.63) is 99.8 Å². The molecule has 3 aromatic carbocycles. The number of rotatable bonds is 7. The number of nitrogens with one attached hydrogen (secondary N) is 1. The molecule has 5 rings (SSSR count). The van der Waals surface area contributed by atoms with E-state index in [9.17, 15) is 18.0 Å². The summed E-state index contributed by atoms with van der Waals surface area (Å²) >= 11 is 12.4. The highest BCUT2D eigenvalue weighted by atomic mass is 35.5. The third kappa shape index (κ3) is 5.76. The van der Waals surface area contributed by atoms with Gasteiger partial charge in [-0.05, 0) is 66.4 Å². The molecule has 1 aliphatic carbocycles. The Kier molecular flexibility index (Phi) is 6.88. The van der Waals surface area contributed by atoms with Gasteiger partial charge in [0.1, 0.15) is 18.0 Å². The standard InChI is InChI=1S/C27H20Cl2F3N3O2/c28-22-2-1-3-23(29)25(22)35-20(14-24(34-35)27(30,31)32)15-37-21-12-8-17(9-13-21)16-4-6-18(7-5-16)26(36)33-19-10-11-19/h1-9,12-14,19H,10-11,15H2,(H,33,36). The quantitative estimate of drug-likeness (QED) is 0.264. The molecule has 37 heavy (non-hydrogen) atoms. The molecule has 0 bridgehead atoms. The maximum atomic E-state index is 13.4. The summed E-state index contributed by atoms with van der Waals surface area (Å²) in [5, 5.41) is 6.96.